The Bertz CT molecular complexity index is 622. The van der Waals surface area contributed by atoms with Gasteiger partial charge in [-0.05, 0) is 30.5 Å². The first-order valence-electron chi connectivity index (χ1n) is 7.84. The molecule has 1 aliphatic heterocycles. The minimum atomic E-state index is -0.185. The summed E-state index contributed by atoms with van der Waals surface area (Å²) in [5.74, 6) is 0.458. The molecule has 0 saturated carbocycles. The van der Waals surface area contributed by atoms with Crippen molar-refractivity contribution in [2.24, 2.45) is 0 Å². The number of hydrogen-bond donors (Lipinski definition) is 1. The van der Waals surface area contributed by atoms with E-state index in [-0.39, 0.29) is 12.0 Å². The monoisotopic (exact) mass is 312 g/mol. The van der Waals surface area contributed by atoms with Crippen LogP contribution in [0.3, 0.4) is 0 Å². The van der Waals surface area contributed by atoms with Gasteiger partial charge in [0.1, 0.15) is 18.1 Å². The summed E-state index contributed by atoms with van der Waals surface area (Å²) in [6, 6.07) is 13.3. The molecule has 0 spiro atoms. The zero-order valence-corrected chi connectivity index (χ0v) is 12.9. The third-order valence-corrected chi connectivity index (χ3v) is 3.73. The number of nitrogens with one attached hydrogen (secondary N) is 1. The van der Waals surface area contributed by atoms with Gasteiger partial charge >= 0.3 is 0 Å². The third kappa shape index (κ3) is 4.53. The van der Waals surface area contributed by atoms with Gasteiger partial charge in [0.15, 0.2) is 0 Å². The van der Waals surface area contributed by atoms with Crippen LogP contribution in [0.1, 0.15) is 28.9 Å². The highest BCUT2D eigenvalue weighted by Crippen LogP contribution is 2.13. The molecular formula is C18H20N2O3. The number of ether oxygens (including phenoxy) is 2. The summed E-state index contributed by atoms with van der Waals surface area (Å²) < 4.78 is 11.1. The van der Waals surface area contributed by atoms with Crippen LogP contribution in [-0.4, -0.2) is 30.1 Å². The lowest BCUT2D eigenvalue weighted by molar-refractivity contribution is 0.0853. The standard InChI is InChI=1S/C18H20N2O3/c21-18(20-12-15-7-4-10-22-15)17-9-8-16(11-19-17)23-13-14-5-2-1-3-6-14/h1-3,5-6,8-9,11,15H,4,7,10,12-13H2,(H,20,21)/t15-/m0/s1. The second-order valence-corrected chi connectivity index (χ2v) is 5.50. The van der Waals surface area contributed by atoms with Crippen LogP contribution in [0.4, 0.5) is 0 Å². The maximum Gasteiger partial charge on any atom is 0.269 e. The van der Waals surface area contributed by atoms with E-state index in [1.54, 1.807) is 18.3 Å². The summed E-state index contributed by atoms with van der Waals surface area (Å²) in [6.45, 7) is 1.80. The molecule has 23 heavy (non-hydrogen) atoms. The summed E-state index contributed by atoms with van der Waals surface area (Å²) in [5.41, 5.74) is 1.47. The minimum Gasteiger partial charge on any atom is -0.487 e. The number of nitrogens with zero attached hydrogens (tertiary/aromatic N) is 1. The van der Waals surface area contributed by atoms with Gasteiger partial charge in [0, 0.05) is 13.2 Å². The second-order valence-electron chi connectivity index (χ2n) is 5.50. The van der Waals surface area contributed by atoms with Gasteiger partial charge in [-0.2, -0.15) is 0 Å². The fourth-order valence-electron chi connectivity index (χ4n) is 2.44. The second kappa shape index (κ2) is 7.74. The number of carbonyl (C=O) groups excluding carboxylic acids is 1. The normalized spacial score (nSPS) is 17.0. The molecule has 1 atom stereocenters. The molecule has 0 unspecified atom stereocenters. The van der Waals surface area contributed by atoms with E-state index in [1.165, 1.54) is 0 Å². The van der Waals surface area contributed by atoms with Crippen LogP contribution in [0.15, 0.2) is 48.7 Å². The Balaban J connectivity index is 1.49. The molecule has 1 N–H and O–H groups in total. The zero-order valence-electron chi connectivity index (χ0n) is 12.9. The Morgan fingerprint density at radius 2 is 2.13 bits per heavy atom. The topological polar surface area (TPSA) is 60.5 Å². The van der Waals surface area contributed by atoms with Gasteiger partial charge in [-0.3, -0.25) is 4.79 Å². The van der Waals surface area contributed by atoms with E-state index in [4.69, 9.17) is 9.47 Å². The van der Waals surface area contributed by atoms with E-state index >= 15 is 0 Å². The molecule has 3 rings (SSSR count). The van der Waals surface area contributed by atoms with Crippen molar-refractivity contribution in [1.82, 2.24) is 10.3 Å². The number of aromatic nitrogens is 1. The van der Waals surface area contributed by atoms with Crippen molar-refractivity contribution in [3.63, 3.8) is 0 Å². The van der Waals surface area contributed by atoms with E-state index in [9.17, 15) is 4.79 Å². The summed E-state index contributed by atoms with van der Waals surface area (Å²) in [5, 5.41) is 2.85. The summed E-state index contributed by atoms with van der Waals surface area (Å²) >= 11 is 0. The molecular weight excluding hydrogens is 292 g/mol. The van der Waals surface area contributed by atoms with Crippen LogP contribution in [-0.2, 0) is 11.3 Å². The number of amides is 1. The predicted octanol–water partition coefficient (Wildman–Crippen LogP) is 2.57. The highest BCUT2D eigenvalue weighted by Gasteiger charge is 2.17. The number of pyridine rings is 1. The Morgan fingerprint density at radius 1 is 1.26 bits per heavy atom. The van der Waals surface area contributed by atoms with Gasteiger partial charge in [-0.15, -0.1) is 0 Å². The highest BCUT2D eigenvalue weighted by atomic mass is 16.5. The maximum absolute atomic E-state index is 12.0. The number of benzene rings is 1. The minimum absolute atomic E-state index is 0.132. The molecule has 1 amide bonds. The van der Waals surface area contributed by atoms with E-state index in [0.29, 0.717) is 24.6 Å². The van der Waals surface area contributed by atoms with Gasteiger partial charge < -0.3 is 14.8 Å². The van der Waals surface area contributed by atoms with Gasteiger partial charge in [-0.25, -0.2) is 4.98 Å². The Hall–Kier alpha value is -2.40. The van der Waals surface area contributed by atoms with Gasteiger partial charge in [0.25, 0.3) is 5.91 Å². The molecule has 1 fully saturated rings. The molecule has 1 aromatic heterocycles. The largest absolute Gasteiger partial charge is 0.487 e. The first kappa shape index (κ1) is 15.5. The van der Waals surface area contributed by atoms with Crippen LogP contribution < -0.4 is 10.1 Å². The first-order chi connectivity index (χ1) is 11.3. The Morgan fingerprint density at radius 3 is 2.83 bits per heavy atom. The van der Waals surface area contributed by atoms with Gasteiger partial charge in [0.2, 0.25) is 0 Å². The molecule has 5 nitrogen and oxygen atoms in total. The number of hydrogen-bond acceptors (Lipinski definition) is 4. The van der Waals surface area contributed by atoms with Crippen molar-refractivity contribution in [3.05, 3.63) is 59.9 Å². The average molecular weight is 312 g/mol. The fourth-order valence-corrected chi connectivity index (χ4v) is 2.44. The average Bonchev–Trinajstić information content (AvgIpc) is 3.13. The smallest absolute Gasteiger partial charge is 0.269 e. The third-order valence-electron chi connectivity index (χ3n) is 3.73. The van der Waals surface area contributed by atoms with Crippen molar-refractivity contribution in [2.45, 2.75) is 25.6 Å². The molecule has 120 valence electrons. The van der Waals surface area contributed by atoms with Crippen molar-refractivity contribution in [3.8, 4) is 5.75 Å². The fraction of sp³-hybridized carbons (Fsp3) is 0.333. The lowest BCUT2D eigenvalue weighted by Crippen LogP contribution is -2.32. The first-order valence-corrected chi connectivity index (χ1v) is 7.84. The molecule has 5 heteroatoms. The van der Waals surface area contributed by atoms with Crippen molar-refractivity contribution in [2.75, 3.05) is 13.2 Å². The van der Waals surface area contributed by atoms with E-state index in [2.05, 4.69) is 10.3 Å². The van der Waals surface area contributed by atoms with Crippen LogP contribution in [0, 0.1) is 0 Å². The van der Waals surface area contributed by atoms with Gasteiger partial charge in [0.05, 0.1) is 12.3 Å². The Kier molecular flexibility index (Phi) is 5.21. The molecule has 2 heterocycles. The lowest BCUT2D eigenvalue weighted by atomic mass is 10.2. The van der Waals surface area contributed by atoms with Crippen molar-refractivity contribution >= 4 is 5.91 Å². The van der Waals surface area contributed by atoms with Crippen molar-refractivity contribution in [1.29, 1.82) is 0 Å². The SMILES string of the molecule is O=C(NC[C@@H]1CCCO1)c1ccc(OCc2ccccc2)cn1. The van der Waals surface area contributed by atoms with Crippen LogP contribution in [0.5, 0.6) is 5.75 Å². The summed E-state index contributed by atoms with van der Waals surface area (Å²) in [7, 11) is 0. The van der Waals surface area contributed by atoms with E-state index in [0.717, 1.165) is 25.0 Å². The van der Waals surface area contributed by atoms with Crippen molar-refractivity contribution < 1.29 is 14.3 Å². The lowest BCUT2D eigenvalue weighted by Gasteiger charge is -2.10. The van der Waals surface area contributed by atoms with Crippen LogP contribution in [0.25, 0.3) is 0 Å². The molecule has 0 bridgehead atoms. The quantitative estimate of drug-likeness (QED) is 0.890. The molecule has 1 aromatic carbocycles. The molecule has 1 aliphatic rings. The van der Waals surface area contributed by atoms with E-state index < -0.39 is 0 Å². The highest BCUT2D eigenvalue weighted by molar-refractivity contribution is 5.92. The maximum atomic E-state index is 12.0. The molecule has 1 saturated heterocycles. The Labute approximate surface area is 135 Å². The molecule has 0 aliphatic carbocycles. The zero-order chi connectivity index (χ0) is 15.9. The molecule has 0 radical (unpaired) electrons. The summed E-state index contributed by atoms with van der Waals surface area (Å²) in [6.07, 6.45) is 3.77. The molecule has 2 aromatic rings. The van der Waals surface area contributed by atoms with Crippen LogP contribution >= 0.6 is 0 Å². The summed E-state index contributed by atoms with van der Waals surface area (Å²) in [4.78, 5) is 16.2. The number of carbonyl (C=O) groups is 1. The van der Waals surface area contributed by atoms with Crippen LogP contribution in [0.2, 0.25) is 0 Å². The number of rotatable bonds is 6. The van der Waals surface area contributed by atoms with E-state index in [1.807, 2.05) is 30.3 Å². The van der Waals surface area contributed by atoms with Gasteiger partial charge in [-0.1, -0.05) is 30.3 Å². The predicted molar refractivity (Wildman–Crippen MR) is 86.3 cm³/mol.